The number of unbranched alkanes of at least 4 members (excludes halogenated alkanes) is 1. The van der Waals surface area contributed by atoms with Gasteiger partial charge in [0.2, 0.25) is 0 Å². The number of benzene rings is 1. The number of methoxy groups -OCH3 is 2. The number of ether oxygens (including phenoxy) is 2. The van der Waals surface area contributed by atoms with Crippen molar-refractivity contribution in [1.29, 1.82) is 0 Å². The van der Waals surface area contributed by atoms with E-state index in [2.05, 4.69) is 0 Å². The van der Waals surface area contributed by atoms with Gasteiger partial charge in [-0.2, -0.15) is 0 Å². The second kappa shape index (κ2) is 7.27. The van der Waals surface area contributed by atoms with Crippen LogP contribution >= 0.6 is 0 Å². The molecule has 1 aromatic rings. The topological polar surface area (TPSA) is 52.6 Å². The third-order valence-electron chi connectivity index (χ3n) is 4.14. The smallest absolute Gasteiger partial charge is 0.328 e. The van der Waals surface area contributed by atoms with Crippen LogP contribution in [0.3, 0.4) is 0 Å². The van der Waals surface area contributed by atoms with Crippen LogP contribution in [0.25, 0.3) is 5.57 Å². The summed E-state index contributed by atoms with van der Waals surface area (Å²) in [7, 11) is 2.59. The van der Waals surface area contributed by atoms with E-state index >= 15 is 0 Å². The monoisotopic (exact) mass is 314 g/mol. The zero-order valence-corrected chi connectivity index (χ0v) is 13.8. The Labute approximate surface area is 136 Å². The molecule has 4 heteroatoms. The summed E-state index contributed by atoms with van der Waals surface area (Å²) in [6, 6.07) is 9.73. The molecule has 0 amide bonds. The van der Waals surface area contributed by atoms with Crippen LogP contribution in [0.2, 0.25) is 0 Å². The van der Waals surface area contributed by atoms with Gasteiger partial charge < -0.3 is 9.47 Å². The van der Waals surface area contributed by atoms with Gasteiger partial charge >= 0.3 is 11.9 Å². The van der Waals surface area contributed by atoms with Gasteiger partial charge in [-0.1, -0.05) is 55.8 Å². The molecule has 122 valence electrons. The Balaban J connectivity index is 2.54. The number of carbonyl (C=O) groups excluding carboxylic acids is 2. The predicted molar refractivity (Wildman–Crippen MR) is 88.5 cm³/mol. The Morgan fingerprint density at radius 3 is 2.26 bits per heavy atom. The van der Waals surface area contributed by atoms with E-state index < -0.39 is 17.4 Å². The van der Waals surface area contributed by atoms with Gasteiger partial charge in [0.05, 0.1) is 14.2 Å². The van der Waals surface area contributed by atoms with Gasteiger partial charge in [0.15, 0.2) is 5.41 Å². The summed E-state index contributed by atoms with van der Waals surface area (Å²) < 4.78 is 9.88. The lowest BCUT2D eigenvalue weighted by Gasteiger charge is -2.25. The van der Waals surface area contributed by atoms with E-state index in [0.29, 0.717) is 5.57 Å². The maximum absolute atomic E-state index is 12.5. The number of carbonyl (C=O) groups is 2. The first-order valence-electron chi connectivity index (χ1n) is 7.73. The van der Waals surface area contributed by atoms with Crippen molar-refractivity contribution in [3.63, 3.8) is 0 Å². The largest absolute Gasteiger partial charge is 0.468 e. The van der Waals surface area contributed by atoms with Gasteiger partial charge in [-0.3, -0.25) is 9.59 Å². The molecule has 1 aliphatic carbocycles. The second-order valence-corrected chi connectivity index (χ2v) is 5.55. The van der Waals surface area contributed by atoms with E-state index in [0.717, 1.165) is 24.0 Å². The van der Waals surface area contributed by atoms with Gasteiger partial charge in [-0.05, 0) is 23.1 Å². The third-order valence-corrected chi connectivity index (χ3v) is 4.14. The average molecular weight is 314 g/mol. The first-order chi connectivity index (χ1) is 11.1. The van der Waals surface area contributed by atoms with Crippen LogP contribution in [0.15, 0.2) is 48.1 Å². The van der Waals surface area contributed by atoms with Crippen LogP contribution < -0.4 is 0 Å². The SMILES string of the molecule is CCC/C=C1\C=C(c2ccccc2)CC1(C(=O)OC)C(=O)OC. The molecule has 0 saturated carbocycles. The van der Waals surface area contributed by atoms with Crippen LogP contribution in [0.4, 0.5) is 0 Å². The molecule has 0 unspecified atom stereocenters. The van der Waals surface area contributed by atoms with Crippen LogP contribution in [0, 0.1) is 5.41 Å². The van der Waals surface area contributed by atoms with Crippen LogP contribution in [-0.4, -0.2) is 26.2 Å². The standard InChI is InChI=1S/C19H22O4/c1-4-5-11-16-12-15(14-9-7-6-8-10-14)13-19(16,17(20)22-2)18(21)23-3/h6-12H,4-5,13H2,1-3H3/b16-11+. The number of hydrogen-bond acceptors (Lipinski definition) is 4. The molecule has 0 radical (unpaired) electrons. The molecule has 0 atom stereocenters. The van der Waals surface area contributed by atoms with Gasteiger partial charge in [0.25, 0.3) is 0 Å². The molecule has 0 heterocycles. The van der Waals surface area contributed by atoms with E-state index in [4.69, 9.17) is 9.47 Å². The lowest BCUT2D eigenvalue weighted by Crippen LogP contribution is -2.40. The minimum atomic E-state index is -1.40. The molecular formula is C19H22O4. The maximum Gasteiger partial charge on any atom is 0.328 e. The Hall–Kier alpha value is -2.36. The van der Waals surface area contributed by atoms with Gasteiger partial charge in [0, 0.05) is 6.42 Å². The number of allylic oxidation sites excluding steroid dienone is 3. The highest BCUT2D eigenvalue weighted by Crippen LogP contribution is 2.47. The zero-order valence-electron chi connectivity index (χ0n) is 13.8. The normalized spacial score (nSPS) is 17.7. The van der Waals surface area contributed by atoms with Crippen molar-refractivity contribution in [3.8, 4) is 0 Å². The Morgan fingerprint density at radius 1 is 1.13 bits per heavy atom. The van der Waals surface area contributed by atoms with Crippen LogP contribution in [-0.2, 0) is 19.1 Å². The summed E-state index contributed by atoms with van der Waals surface area (Å²) >= 11 is 0. The molecule has 1 aromatic carbocycles. The summed E-state index contributed by atoms with van der Waals surface area (Å²) in [6.07, 6.45) is 5.81. The molecule has 0 spiro atoms. The van der Waals surface area contributed by atoms with Crippen LogP contribution in [0.5, 0.6) is 0 Å². The number of esters is 2. The summed E-state index contributed by atoms with van der Waals surface area (Å²) in [5.41, 5.74) is 1.19. The van der Waals surface area contributed by atoms with E-state index in [1.54, 1.807) is 0 Å². The van der Waals surface area contributed by atoms with Crippen molar-refractivity contribution < 1.29 is 19.1 Å². The highest BCUT2D eigenvalue weighted by molar-refractivity contribution is 6.08. The highest BCUT2D eigenvalue weighted by Gasteiger charge is 2.54. The van der Waals surface area contributed by atoms with Crippen molar-refractivity contribution in [2.45, 2.75) is 26.2 Å². The maximum atomic E-state index is 12.5. The summed E-state index contributed by atoms with van der Waals surface area (Å²) in [6.45, 7) is 2.05. The van der Waals surface area contributed by atoms with Gasteiger partial charge in [-0.25, -0.2) is 0 Å². The first kappa shape index (κ1) is 17.0. The molecular weight excluding hydrogens is 292 g/mol. The molecule has 0 N–H and O–H groups in total. The second-order valence-electron chi connectivity index (χ2n) is 5.55. The van der Waals surface area contributed by atoms with E-state index in [-0.39, 0.29) is 6.42 Å². The fraction of sp³-hybridized carbons (Fsp3) is 0.368. The molecule has 23 heavy (non-hydrogen) atoms. The third kappa shape index (κ3) is 3.07. The van der Waals surface area contributed by atoms with Gasteiger partial charge in [0.1, 0.15) is 0 Å². The van der Waals surface area contributed by atoms with E-state index in [9.17, 15) is 9.59 Å². The lowest BCUT2D eigenvalue weighted by atomic mass is 9.79. The number of rotatable bonds is 5. The predicted octanol–water partition coefficient (Wildman–Crippen LogP) is 3.53. The fourth-order valence-electron chi connectivity index (χ4n) is 2.93. The molecule has 1 aliphatic rings. The number of hydrogen-bond donors (Lipinski definition) is 0. The quantitative estimate of drug-likeness (QED) is 0.616. The average Bonchev–Trinajstić information content (AvgIpc) is 2.99. The summed E-state index contributed by atoms with van der Waals surface area (Å²) in [5.74, 6) is -1.15. The molecule has 4 nitrogen and oxygen atoms in total. The summed E-state index contributed by atoms with van der Waals surface area (Å²) in [5, 5.41) is 0. The van der Waals surface area contributed by atoms with E-state index in [1.807, 2.05) is 49.4 Å². The van der Waals surface area contributed by atoms with Crippen molar-refractivity contribution in [1.82, 2.24) is 0 Å². The highest BCUT2D eigenvalue weighted by atomic mass is 16.5. The van der Waals surface area contributed by atoms with Crippen molar-refractivity contribution in [2.75, 3.05) is 14.2 Å². The molecule has 0 saturated heterocycles. The van der Waals surface area contributed by atoms with Crippen molar-refractivity contribution in [2.24, 2.45) is 5.41 Å². The van der Waals surface area contributed by atoms with Crippen molar-refractivity contribution >= 4 is 17.5 Å². The zero-order chi connectivity index (χ0) is 16.9. The summed E-state index contributed by atoms with van der Waals surface area (Å²) in [4.78, 5) is 25.0. The van der Waals surface area contributed by atoms with Crippen molar-refractivity contribution in [3.05, 3.63) is 53.6 Å². The Bertz CT molecular complexity index is 625. The minimum Gasteiger partial charge on any atom is -0.468 e. The molecule has 0 aromatic heterocycles. The molecule has 0 bridgehead atoms. The van der Waals surface area contributed by atoms with E-state index in [1.165, 1.54) is 14.2 Å². The minimum absolute atomic E-state index is 0.256. The fourth-order valence-corrected chi connectivity index (χ4v) is 2.93. The Kier molecular flexibility index (Phi) is 5.37. The molecule has 2 rings (SSSR count). The lowest BCUT2D eigenvalue weighted by molar-refractivity contribution is -0.165. The van der Waals surface area contributed by atoms with Gasteiger partial charge in [-0.15, -0.1) is 0 Å². The molecule has 0 aliphatic heterocycles. The first-order valence-corrected chi connectivity index (χ1v) is 7.73. The van der Waals surface area contributed by atoms with Crippen LogP contribution in [0.1, 0.15) is 31.7 Å². The molecule has 0 fully saturated rings. The Morgan fingerprint density at radius 2 is 1.74 bits per heavy atom.